The molecule has 8 rings (SSSR count). The van der Waals surface area contributed by atoms with Gasteiger partial charge in [0.15, 0.2) is 0 Å². The summed E-state index contributed by atoms with van der Waals surface area (Å²) >= 11 is 0. The Kier molecular flexibility index (Phi) is 7.55. The first-order valence-corrected chi connectivity index (χ1v) is 16.1. The first kappa shape index (κ1) is 29.1. The van der Waals surface area contributed by atoms with Gasteiger partial charge in [0.25, 0.3) is 0 Å². The highest BCUT2D eigenvalue weighted by Gasteiger charge is 2.17. The van der Waals surface area contributed by atoms with Crippen molar-refractivity contribution in [3.63, 3.8) is 0 Å². The molecule has 0 atom stereocenters. The number of hydrogen-bond acceptors (Lipinski definition) is 3. The number of nitrogens with one attached hydrogen (secondary N) is 2. The molecule has 3 heterocycles. The van der Waals surface area contributed by atoms with Gasteiger partial charge >= 0.3 is 0 Å². The highest BCUT2D eigenvalue weighted by molar-refractivity contribution is 5.94. The van der Waals surface area contributed by atoms with Crippen LogP contribution in [0.15, 0.2) is 152 Å². The fourth-order valence-electron chi connectivity index (χ4n) is 6.51. The summed E-state index contributed by atoms with van der Waals surface area (Å²) in [7, 11) is 0. The van der Waals surface area contributed by atoms with E-state index in [2.05, 4.69) is 142 Å². The van der Waals surface area contributed by atoms with Crippen molar-refractivity contribution in [2.45, 2.75) is 13.8 Å². The number of aromatic amines is 2. The van der Waals surface area contributed by atoms with Crippen LogP contribution in [-0.4, -0.2) is 25.4 Å². The molecule has 0 aliphatic rings. The standard InChI is InChI=1S/C43H33N5/c1-28-19-41(30-14-16-31(17-15-30)43-13-7-8-18-44-43)42(20-29(28)2)34-22-32(37-9-3-5-11-39(37)35-24-45-46-25-35)21-33(23-34)38-10-4-6-12-40(38)36-26-47-48-27-36/h3-27H,1-2H3,(H,45,46)(H,47,48). The Bertz CT molecular complexity index is 2240. The highest BCUT2D eigenvalue weighted by Crippen LogP contribution is 2.42. The van der Waals surface area contributed by atoms with E-state index in [9.17, 15) is 0 Å². The second kappa shape index (κ2) is 12.5. The molecule has 2 N–H and O–H groups in total. The van der Waals surface area contributed by atoms with E-state index in [0.29, 0.717) is 0 Å². The lowest BCUT2D eigenvalue weighted by molar-refractivity contribution is 1.09. The van der Waals surface area contributed by atoms with E-state index < -0.39 is 0 Å². The Labute approximate surface area is 280 Å². The SMILES string of the molecule is Cc1cc(-c2ccc(-c3ccccn3)cc2)c(-c2cc(-c3ccccc3-c3cn[nH]c3)cc(-c3ccccc3-c3cn[nH]c3)c2)cc1C. The van der Waals surface area contributed by atoms with Crippen LogP contribution in [0, 0.1) is 13.8 Å². The number of nitrogens with zero attached hydrogens (tertiary/aromatic N) is 3. The molecule has 0 saturated heterocycles. The molecule has 5 heteroatoms. The van der Waals surface area contributed by atoms with Crippen molar-refractivity contribution in [3.05, 3.63) is 163 Å². The summed E-state index contributed by atoms with van der Waals surface area (Å²) in [5.41, 5.74) is 18.2. The Morgan fingerprint density at radius 1 is 0.396 bits per heavy atom. The van der Waals surface area contributed by atoms with Crippen molar-refractivity contribution in [1.82, 2.24) is 25.4 Å². The van der Waals surface area contributed by atoms with Gasteiger partial charge in [-0.2, -0.15) is 10.2 Å². The number of rotatable bonds is 7. The predicted molar refractivity (Wildman–Crippen MR) is 196 cm³/mol. The molecule has 0 spiro atoms. The third kappa shape index (κ3) is 5.52. The Balaban J connectivity index is 1.35. The van der Waals surface area contributed by atoms with Crippen molar-refractivity contribution in [3.8, 4) is 78.0 Å². The maximum Gasteiger partial charge on any atom is 0.0701 e. The molecular formula is C43H33N5. The van der Waals surface area contributed by atoms with E-state index in [1.54, 1.807) is 0 Å². The normalized spacial score (nSPS) is 11.1. The summed E-state index contributed by atoms with van der Waals surface area (Å²) in [6.07, 6.45) is 9.51. The summed E-state index contributed by atoms with van der Waals surface area (Å²) in [5.74, 6) is 0. The summed E-state index contributed by atoms with van der Waals surface area (Å²) in [6, 6.07) is 43.5. The molecule has 0 radical (unpaired) electrons. The minimum absolute atomic E-state index is 0.967. The Morgan fingerprint density at radius 2 is 0.833 bits per heavy atom. The van der Waals surface area contributed by atoms with Gasteiger partial charge in [-0.25, -0.2) is 0 Å². The predicted octanol–water partition coefficient (Wildman–Crippen LogP) is 10.8. The van der Waals surface area contributed by atoms with Crippen molar-refractivity contribution in [2.75, 3.05) is 0 Å². The van der Waals surface area contributed by atoms with Gasteiger partial charge in [0.05, 0.1) is 18.1 Å². The number of aryl methyl sites for hydroxylation is 2. The number of pyridine rings is 1. The van der Waals surface area contributed by atoms with Gasteiger partial charge < -0.3 is 0 Å². The lowest BCUT2D eigenvalue weighted by atomic mass is 9.85. The second-order valence-electron chi connectivity index (χ2n) is 12.1. The third-order valence-corrected chi connectivity index (χ3v) is 9.13. The van der Waals surface area contributed by atoms with E-state index in [4.69, 9.17) is 0 Å². The molecule has 5 nitrogen and oxygen atoms in total. The van der Waals surface area contributed by atoms with Crippen molar-refractivity contribution in [1.29, 1.82) is 0 Å². The monoisotopic (exact) mass is 619 g/mol. The zero-order valence-electron chi connectivity index (χ0n) is 26.8. The molecule has 8 aromatic rings. The topological polar surface area (TPSA) is 70.2 Å². The van der Waals surface area contributed by atoms with Crippen LogP contribution in [0.3, 0.4) is 0 Å². The lowest BCUT2D eigenvalue weighted by Crippen LogP contribution is -1.94. The van der Waals surface area contributed by atoms with Crippen molar-refractivity contribution < 1.29 is 0 Å². The van der Waals surface area contributed by atoms with Gasteiger partial charge in [-0.3, -0.25) is 15.2 Å². The molecule has 0 aliphatic heterocycles. The second-order valence-corrected chi connectivity index (χ2v) is 12.1. The summed E-state index contributed by atoms with van der Waals surface area (Å²) in [4.78, 5) is 4.56. The maximum atomic E-state index is 4.56. The van der Waals surface area contributed by atoms with Gasteiger partial charge in [0, 0.05) is 35.3 Å². The summed E-state index contributed by atoms with van der Waals surface area (Å²) in [6.45, 7) is 4.38. The average molecular weight is 620 g/mol. The minimum Gasteiger partial charge on any atom is -0.285 e. The molecule has 0 saturated carbocycles. The van der Waals surface area contributed by atoms with Crippen molar-refractivity contribution in [2.24, 2.45) is 0 Å². The Hall–Kier alpha value is -6.33. The van der Waals surface area contributed by atoms with Crippen molar-refractivity contribution >= 4 is 0 Å². The summed E-state index contributed by atoms with van der Waals surface area (Å²) < 4.78 is 0. The first-order chi connectivity index (χ1) is 23.6. The summed E-state index contributed by atoms with van der Waals surface area (Å²) in [5, 5.41) is 14.5. The minimum atomic E-state index is 0.967. The van der Waals surface area contributed by atoms with Crippen LogP contribution in [0.25, 0.3) is 78.0 Å². The van der Waals surface area contributed by atoms with Gasteiger partial charge in [-0.05, 0) is 111 Å². The van der Waals surface area contributed by atoms with E-state index in [1.807, 2.05) is 49.2 Å². The molecule has 0 bridgehead atoms. The van der Waals surface area contributed by atoms with Gasteiger partial charge in [-0.1, -0.05) is 91.0 Å². The van der Waals surface area contributed by atoms with Crippen LogP contribution in [0.1, 0.15) is 11.1 Å². The van der Waals surface area contributed by atoms with Gasteiger partial charge in [0.2, 0.25) is 0 Å². The maximum absolute atomic E-state index is 4.56. The average Bonchev–Trinajstić information content (AvgIpc) is 3.89. The largest absolute Gasteiger partial charge is 0.285 e. The third-order valence-electron chi connectivity index (χ3n) is 9.13. The highest BCUT2D eigenvalue weighted by atomic mass is 15.1. The van der Waals surface area contributed by atoms with Crippen LogP contribution >= 0.6 is 0 Å². The number of aromatic nitrogens is 5. The number of H-pyrrole nitrogens is 2. The molecule has 0 amide bonds. The smallest absolute Gasteiger partial charge is 0.0701 e. The van der Waals surface area contributed by atoms with Crippen LogP contribution in [0.4, 0.5) is 0 Å². The van der Waals surface area contributed by atoms with Gasteiger partial charge in [0.1, 0.15) is 0 Å². The fraction of sp³-hybridized carbons (Fsp3) is 0.0465. The van der Waals surface area contributed by atoms with Crippen LogP contribution < -0.4 is 0 Å². The molecule has 0 fully saturated rings. The molecule has 0 aliphatic carbocycles. The van der Waals surface area contributed by atoms with E-state index in [1.165, 1.54) is 22.3 Å². The first-order valence-electron chi connectivity index (χ1n) is 16.1. The van der Waals surface area contributed by atoms with Crippen LogP contribution in [0.2, 0.25) is 0 Å². The fourth-order valence-corrected chi connectivity index (χ4v) is 6.51. The zero-order valence-corrected chi connectivity index (χ0v) is 26.8. The van der Waals surface area contributed by atoms with E-state index in [-0.39, 0.29) is 0 Å². The zero-order chi connectivity index (χ0) is 32.5. The number of hydrogen-bond donors (Lipinski definition) is 2. The van der Waals surface area contributed by atoms with Crippen LogP contribution in [-0.2, 0) is 0 Å². The van der Waals surface area contributed by atoms with Crippen LogP contribution in [0.5, 0.6) is 0 Å². The molecule has 5 aromatic carbocycles. The van der Waals surface area contributed by atoms with E-state index >= 15 is 0 Å². The van der Waals surface area contributed by atoms with E-state index in [0.717, 1.165) is 66.9 Å². The molecule has 48 heavy (non-hydrogen) atoms. The lowest BCUT2D eigenvalue weighted by Gasteiger charge is -2.18. The number of benzene rings is 5. The molecule has 3 aromatic heterocycles. The molecule has 230 valence electrons. The van der Waals surface area contributed by atoms with Gasteiger partial charge in [-0.15, -0.1) is 0 Å². The molecule has 0 unspecified atom stereocenters. The quantitative estimate of drug-likeness (QED) is 0.186. The molecular weight excluding hydrogens is 587 g/mol. The Morgan fingerprint density at radius 3 is 1.29 bits per heavy atom.